The van der Waals surface area contributed by atoms with Gasteiger partial charge in [0.1, 0.15) is 0 Å². The molecule has 1 aromatic heterocycles. The van der Waals surface area contributed by atoms with E-state index in [0.29, 0.717) is 18.9 Å². The molecule has 1 amide bonds. The largest absolute Gasteiger partial charge is 0.370 e. The minimum absolute atomic E-state index is 0.119. The molecule has 1 unspecified atom stereocenters. The van der Waals surface area contributed by atoms with Gasteiger partial charge in [0, 0.05) is 32.1 Å². The summed E-state index contributed by atoms with van der Waals surface area (Å²) in [5.74, 6) is 0.436. The Balaban J connectivity index is 1.40. The standard InChI is InChI=1S/C20H26N4O2/c25-19(21-10-4-8-16-6-2-1-3-7-16)12-17-9-5-11-24(15-17)18-13-20(26)23-22-14-18/h1-3,6-7,13-14,17H,4-5,8-12,15H2,(H,21,25)(H,23,26). The van der Waals surface area contributed by atoms with Crippen molar-refractivity contribution >= 4 is 11.6 Å². The van der Waals surface area contributed by atoms with Gasteiger partial charge in [0.05, 0.1) is 11.9 Å². The molecular weight excluding hydrogens is 328 g/mol. The van der Waals surface area contributed by atoms with E-state index in [4.69, 9.17) is 0 Å². The number of aryl methyl sites for hydroxylation is 1. The topological polar surface area (TPSA) is 78.1 Å². The highest BCUT2D eigenvalue weighted by Gasteiger charge is 2.22. The molecule has 3 rings (SSSR count). The normalized spacial score (nSPS) is 17.1. The Kier molecular flexibility index (Phi) is 6.41. The Morgan fingerprint density at radius 3 is 2.96 bits per heavy atom. The summed E-state index contributed by atoms with van der Waals surface area (Å²) >= 11 is 0. The predicted octanol–water partition coefficient (Wildman–Crippen LogP) is 2.13. The van der Waals surface area contributed by atoms with Crippen LogP contribution in [0.4, 0.5) is 5.69 Å². The van der Waals surface area contributed by atoms with Crippen molar-refractivity contribution in [3.63, 3.8) is 0 Å². The second-order valence-electron chi connectivity index (χ2n) is 6.90. The zero-order chi connectivity index (χ0) is 18.2. The highest BCUT2D eigenvalue weighted by atomic mass is 16.1. The number of aromatic amines is 1. The van der Waals surface area contributed by atoms with Gasteiger partial charge in [0.25, 0.3) is 5.56 Å². The quantitative estimate of drug-likeness (QED) is 0.747. The van der Waals surface area contributed by atoms with Crippen LogP contribution in [0.5, 0.6) is 0 Å². The monoisotopic (exact) mass is 354 g/mol. The van der Waals surface area contributed by atoms with Gasteiger partial charge in [-0.1, -0.05) is 30.3 Å². The minimum Gasteiger partial charge on any atom is -0.370 e. The molecule has 26 heavy (non-hydrogen) atoms. The van der Waals surface area contributed by atoms with Crippen molar-refractivity contribution in [3.05, 3.63) is 58.5 Å². The van der Waals surface area contributed by atoms with Crippen LogP contribution in [0.3, 0.4) is 0 Å². The van der Waals surface area contributed by atoms with Crippen molar-refractivity contribution in [3.8, 4) is 0 Å². The molecule has 1 atom stereocenters. The molecule has 0 spiro atoms. The number of amides is 1. The highest BCUT2D eigenvalue weighted by molar-refractivity contribution is 5.76. The Morgan fingerprint density at radius 1 is 1.31 bits per heavy atom. The van der Waals surface area contributed by atoms with Gasteiger partial charge in [0.15, 0.2) is 0 Å². The summed E-state index contributed by atoms with van der Waals surface area (Å²) < 4.78 is 0. The third-order valence-electron chi connectivity index (χ3n) is 4.82. The van der Waals surface area contributed by atoms with E-state index >= 15 is 0 Å². The number of nitrogens with zero attached hydrogens (tertiary/aromatic N) is 2. The number of hydrogen-bond donors (Lipinski definition) is 2. The fraction of sp³-hybridized carbons (Fsp3) is 0.450. The molecule has 138 valence electrons. The maximum atomic E-state index is 12.2. The zero-order valence-corrected chi connectivity index (χ0v) is 15.0. The number of H-pyrrole nitrogens is 1. The summed E-state index contributed by atoms with van der Waals surface area (Å²) in [6.07, 6.45) is 6.22. The molecule has 0 radical (unpaired) electrons. The van der Waals surface area contributed by atoms with E-state index in [0.717, 1.165) is 44.5 Å². The Bertz CT molecular complexity index is 760. The molecule has 1 fully saturated rings. The van der Waals surface area contributed by atoms with Crippen molar-refractivity contribution in [1.82, 2.24) is 15.5 Å². The zero-order valence-electron chi connectivity index (χ0n) is 15.0. The van der Waals surface area contributed by atoms with Gasteiger partial charge in [-0.05, 0) is 37.2 Å². The van der Waals surface area contributed by atoms with Crippen molar-refractivity contribution in [2.45, 2.75) is 32.1 Å². The Hall–Kier alpha value is -2.63. The van der Waals surface area contributed by atoms with Crippen LogP contribution in [-0.4, -0.2) is 35.7 Å². The number of piperidine rings is 1. The third kappa shape index (κ3) is 5.44. The second-order valence-corrected chi connectivity index (χ2v) is 6.90. The van der Waals surface area contributed by atoms with Crippen LogP contribution in [0.25, 0.3) is 0 Å². The lowest BCUT2D eigenvalue weighted by molar-refractivity contribution is -0.122. The number of benzene rings is 1. The summed E-state index contributed by atoms with van der Waals surface area (Å²) in [6, 6.07) is 11.9. The number of hydrogen-bond acceptors (Lipinski definition) is 4. The van der Waals surface area contributed by atoms with Crippen LogP contribution in [0.1, 0.15) is 31.2 Å². The Labute approximate surface area is 153 Å². The average molecular weight is 354 g/mol. The molecule has 0 saturated carbocycles. The minimum atomic E-state index is -0.194. The Morgan fingerprint density at radius 2 is 2.15 bits per heavy atom. The number of rotatable bonds is 7. The molecule has 2 heterocycles. The molecule has 2 aromatic rings. The lowest BCUT2D eigenvalue weighted by Gasteiger charge is -2.33. The molecule has 2 N–H and O–H groups in total. The van der Waals surface area contributed by atoms with Crippen molar-refractivity contribution in [2.24, 2.45) is 5.92 Å². The first-order valence-electron chi connectivity index (χ1n) is 9.31. The smallest absolute Gasteiger partial charge is 0.266 e. The van der Waals surface area contributed by atoms with Gasteiger partial charge in [-0.15, -0.1) is 0 Å². The number of carbonyl (C=O) groups is 1. The summed E-state index contributed by atoms with van der Waals surface area (Å²) in [7, 11) is 0. The SMILES string of the molecule is O=C(CC1CCCN(c2cn[nH]c(=O)c2)C1)NCCCc1ccccc1. The van der Waals surface area contributed by atoms with E-state index in [2.05, 4.69) is 32.5 Å². The van der Waals surface area contributed by atoms with Gasteiger partial charge in [0.2, 0.25) is 5.91 Å². The lowest BCUT2D eigenvalue weighted by Crippen LogP contribution is -2.38. The number of nitrogens with one attached hydrogen (secondary N) is 2. The van der Waals surface area contributed by atoms with E-state index in [1.807, 2.05) is 18.2 Å². The molecule has 1 saturated heterocycles. The first-order chi connectivity index (χ1) is 12.7. The number of carbonyl (C=O) groups excluding carboxylic acids is 1. The van der Waals surface area contributed by atoms with Crippen LogP contribution in [0, 0.1) is 5.92 Å². The average Bonchev–Trinajstić information content (AvgIpc) is 2.66. The third-order valence-corrected chi connectivity index (χ3v) is 4.82. The van der Waals surface area contributed by atoms with Crippen LogP contribution >= 0.6 is 0 Å². The lowest BCUT2D eigenvalue weighted by atomic mass is 9.94. The van der Waals surface area contributed by atoms with E-state index in [1.165, 1.54) is 5.56 Å². The molecule has 1 aliphatic rings. The molecule has 0 bridgehead atoms. The molecule has 6 nitrogen and oxygen atoms in total. The van der Waals surface area contributed by atoms with Crippen LogP contribution in [0.15, 0.2) is 47.4 Å². The molecule has 1 aromatic carbocycles. The summed E-state index contributed by atoms with van der Waals surface area (Å²) in [5, 5.41) is 9.30. The number of aromatic nitrogens is 2. The molecule has 1 aliphatic heterocycles. The summed E-state index contributed by atoms with van der Waals surface area (Å²) in [6.45, 7) is 2.41. The molecular formula is C20H26N4O2. The van der Waals surface area contributed by atoms with E-state index in [-0.39, 0.29) is 11.5 Å². The fourth-order valence-electron chi connectivity index (χ4n) is 3.50. The van der Waals surface area contributed by atoms with E-state index in [9.17, 15) is 9.59 Å². The molecule has 6 heteroatoms. The molecule has 0 aliphatic carbocycles. The van der Waals surface area contributed by atoms with Crippen molar-refractivity contribution < 1.29 is 4.79 Å². The summed E-state index contributed by atoms with van der Waals surface area (Å²) in [5.41, 5.74) is 1.94. The van der Waals surface area contributed by atoms with Crippen molar-refractivity contribution in [1.29, 1.82) is 0 Å². The van der Waals surface area contributed by atoms with Gasteiger partial charge in [-0.3, -0.25) is 9.59 Å². The van der Waals surface area contributed by atoms with Gasteiger partial charge < -0.3 is 10.2 Å². The predicted molar refractivity (Wildman–Crippen MR) is 102 cm³/mol. The first-order valence-corrected chi connectivity index (χ1v) is 9.31. The van der Waals surface area contributed by atoms with Gasteiger partial charge in [-0.2, -0.15) is 5.10 Å². The summed E-state index contributed by atoms with van der Waals surface area (Å²) in [4.78, 5) is 25.8. The maximum absolute atomic E-state index is 12.2. The second kappa shape index (κ2) is 9.17. The van der Waals surface area contributed by atoms with Crippen LogP contribution < -0.4 is 15.8 Å². The van der Waals surface area contributed by atoms with E-state index < -0.39 is 0 Å². The van der Waals surface area contributed by atoms with Crippen LogP contribution in [0.2, 0.25) is 0 Å². The van der Waals surface area contributed by atoms with Crippen molar-refractivity contribution in [2.75, 3.05) is 24.5 Å². The van der Waals surface area contributed by atoms with Crippen LogP contribution in [-0.2, 0) is 11.2 Å². The first kappa shape index (κ1) is 18.2. The number of anilines is 1. The fourth-order valence-corrected chi connectivity index (χ4v) is 3.50. The maximum Gasteiger partial charge on any atom is 0.266 e. The highest BCUT2D eigenvalue weighted by Crippen LogP contribution is 2.23. The van der Waals surface area contributed by atoms with Gasteiger partial charge in [-0.25, -0.2) is 5.10 Å². The van der Waals surface area contributed by atoms with Gasteiger partial charge >= 0.3 is 0 Å². The van der Waals surface area contributed by atoms with E-state index in [1.54, 1.807) is 12.3 Å².